The Labute approximate surface area is 166 Å². The molecule has 0 fully saturated rings. The molecule has 0 aliphatic rings. The van der Waals surface area contributed by atoms with Crippen LogP contribution in [0.1, 0.15) is 5.56 Å². The number of hydrogen-bond donors (Lipinski definition) is 1. The van der Waals surface area contributed by atoms with Gasteiger partial charge in [-0.2, -0.15) is 0 Å². The van der Waals surface area contributed by atoms with E-state index in [0.29, 0.717) is 5.75 Å². The number of fused-ring (bicyclic) bond motifs is 1. The second-order valence-corrected chi connectivity index (χ2v) is 7.48. The number of ether oxygens (including phenoxy) is 1. The molecule has 2 aromatic carbocycles. The van der Waals surface area contributed by atoms with Gasteiger partial charge in [-0.1, -0.05) is 27.6 Å². The Hall–Kier alpha value is -2.19. The van der Waals surface area contributed by atoms with Crippen LogP contribution in [0.4, 0.5) is 5.69 Å². The van der Waals surface area contributed by atoms with Crippen LogP contribution < -0.4 is 4.74 Å². The van der Waals surface area contributed by atoms with Crippen LogP contribution in [0.3, 0.4) is 0 Å². The van der Waals surface area contributed by atoms with Gasteiger partial charge in [-0.3, -0.25) is 4.79 Å². The van der Waals surface area contributed by atoms with Gasteiger partial charge >= 0.3 is 5.91 Å². The zero-order valence-electron chi connectivity index (χ0n) is 14.0. The van der Waals surface area contributed by atoms with Crippen molar-refractivity contribution in [1.82, 2.24) is 4.57 Å². The molecule has 0 bridgehead atoms. The molecule has 0 saturated heterocycles. The van der Waals surface area contributed by atoms with Crippen LogP contribution in [-0.2, 0) is 11.8 Å². The van der Waals surface area contributed by atoms with E-state index >= 15 is 0 Å². The van der Waals surface area contributed by atoms with Crippen molar-refractivity contribution in [2.75, 3.05) is 6.61 Å². The van der Waals surface area contributed by atoms with Gasteiger partial charge in [0.2, 0.25) is 5.88 Å². The SMILES string of the molecule is Cc1ccc2c(c1)c(N=NC(=O)COc1ccc(Br)cc1Br)c(O)n2C. The van der Waals surface area contributed by atoms with E-state index < -0.39 is 5.91 Å². The van der Waals surface area contributed by atoms with Gasteiger partial charge < -0.3 is 14.4 Å². The third kappa shape index (κ3) is 3.81. The highest BCUT2D eigenvalue weighted by Gasteiger charge is 2.15. The van der Waals surface area contributed by atoms with Gasteiger partial charge in [-0.25, -0.2) is 0 Å². The summed E-state index contributed by atoms with van der Waals surface area (Å²) in [6, 6.07) is 11.1. The average molecular weight is 481 g/mol. The van der Waals surface area contributed by atoms with Crippen molar-refractivity contribution in [2.24, 2.45) is 17.3 Å². The standard InChI is InChI=1S/C18H15Br2N3O3/c1-10-3-5-14-12(7-10)17(18(25)23(14)2)22-21-16(24)9-26-15-6-4-11(19)8-13(15)20/h3-8,25H,9H2,1-2H3. The lowest BCUT2D eigenvalue weighted by Crippen LogP contribution is -2.08. The summed E-state index contributed by atoms with van der Waals surface area (Å²) in [5.74, 6) is -0.0667. The fourth-order valence-electron chi connectivity index (χ4n) is 2.49. The molecule has 0 unspecified atom stereocenters. The lowest BCUT2D eigenvalue weighted by molar-refractivity contribution is -0.120. The fourth-order valence-corrected chi connectivity index (χ4v) is 3.65. The number of amides is 1. The van der Waals surface area contributed by atoms with Crippen molar-refractivity contribution >= 4 is 54.4 Å². The van der Waals surface area contributed by atoms with Gasteiger partial charge in [-0.15, -0.1) is 10.2 Å². The topological polar surface area (TPSA) is 76.2 Å². The smallest absolute Gasteiger partial charge is 0.302 e. The number of azo groups is 1. The summed E-state index contributed by atoms with van der Waals surface area (Å²) in [7, 11) is 1.72. The molecule has 1 aromatic heterocycles. The van der Waals surface area contributed by atoms with Gasteiger partial charge in [0.05, 0.1) is 9.99 Å². The minimum atomic E-state index is -0.552. The molecule has 0 radical (unpaired) electrons. The van der Waals surface area contributed by atoms with Gasteiger partial charge in [0.15, 0.2) is 12.3 Å². The number of carbonyl (C=O) groups is 1. The first-order chi connectivity index (χ1) is 12.4. The maximum absolute atomic E-state index is 12.0. The molecule has 1 N–H and O–H groups in total. The van der Waals surface area contributed by atoms with Crippen molar-refractivity contribution in [3.05, 3.63) is 50.9 Å². The number of carbonyl (C=O) groups excluding carboxylic acids is 1. The number of halogens is 2. The maximum Gasteiger partial charge on any atom is 0.302 e. The van der Waals surface area contributed by atoms with Crippen molar-refractivity contribution in [2.45, 2.75) is 6.92 Å². The van der Waals surface area contributed by atoms with E-state index in [9.17, 15) is 9.90 Å². The Kier molecular flexibility index (Phi) is 5.43. The number of benzene rings is 2. The summed E-state index contributed by atoms with van der Waals surface area (Å²) in [5, 5.41) is 18.6. The average Bonchev–Trinajstić information content (AvgIpc) is 2.82. The van der Waals surface area contributed by atoms with E-state index in [-0.39, 0.29) is 18.2 Å². The van der Waals surface area contributed by atoms with Crippen molar-refractivity contribution in [3.8, 4) is 11.6 Å². The molecule has 1 amide bonds. The van der Waals surface area contributed by atoms with Gasteiger partial charge in [0, 0.05) is 16.9 Å². The number of rotatable bonds is 4. The molecule has 0 aliphatic heterocycles. The van der Waals surface area contributed by atoms with E-state index in [4.69, 9.17) is 4.74 Å². The molecular weight excluding hydrogens is 466 g/mol. The Morgan fingerprint density at radius 2 is 2.00 bits per heavy atom. The van der Waals surface area contributed by atoms with Crippen molar-refractivity contribution in [3.63, 3.8) is 0 Å². The molecule has 6 nitrogen and oxygen atoms in total. The summed E-state index contributed by atoms with van der Waals surface area (Å²) in [5.41, 5.74) is 2.10. The highest BCUT2D eigenvalue weighted by molar-refractivity contribution is 9.11. The van der Waals surface area contributed by atoms with Gasteiger partial charge in [-0.05, 0) is 53.2 Å². The Morgan fingerprint density at radius 1 is 1.23 bits per heavy atom. The lowest BCUT2D eigenvalue weighted by atomic mass is 10.1. The molecule has 26 heavy (non-hydrogen) atoms. The molecule has 0 spiro atoms. The molecule has 134 valence electrons. The highest BCUT2D eigenvalue weighted by Crippen LogP contribution is 2.38. The second-order valence-electron chi connectivity index (χ2n) is 5.71. The van der Waals surface area contributed by atoms with Crippen molar-refractivity contribution < 1.29 is 14.6 Å². The lowest BCUT2D eigenvalue weighted by Gasteiger charge is -2.05. The second kappa shape index (κ2) is 7.59. The molecule has 0 atom stereocenters. The van der Waals surface area contributed by atoms with E-state index in [2.05, 4.69) is 42.1 Å². The van der Waals surface area contributed by atoms with Crippen LogP contribution in [-0.4, -0.2) is 22.2 Å². The molecule has 8 heteroatoms. The Morgan fingerprint density at radius 3 is 2.73 bits per heavy atom. The number of aromatic nitrogens is 1. The molecule has 3 aromatic rings. The van der Waals surface area contributed by atoms with E-state index in [1.165, 1.54) is 0 Å². The minimum absolute atomic E-state index is 0.0428. The number of aromatic hydroxyl groups is 1. The Balaban J connectivity index is 1.77. The van der Waals surface area contributed by atoms with Crippen LogP contribution in [0.25, 0.3) is 10.9 Å². The van der Waals surface area contributed by atoms with Crippen molar-refractivity contribution in [1.29, 1.82) is 0 Å². The number of aryl methyl sites for hydroxylation is 2. The minimum Gasteiger partial charge on any atom is -0.493 e. The van der Waals surface area contributed by atoms with Gasteiger partial charge in [0.1, 0.15) is 5.75 Å². The van der Waals surface area contributed by atoms with E-state index in [1.54, 1.807) is 17.7 Å². The van der Waals surface area contributed by atoms with Crippen LogP contribution in [0.2, 0.25) is 0 Å². The first-order valence-corrected chi connectivity index (χ1v) is 9.26. The summed E-state index contributed by atoms with van der Waals surface area (Å²) < 4.78 is 8.66. The Bertz CT molecular complexity index is 1030. The van der Waals surface area contributed by atoms with Crippen LogP contribution >= 0.6 is 31.9 Å². The quantitative estimate of drug-likeness (QED) is 0.507. The summed E-state index contributed by atoms with van der Waals surface area (Å²) in [6.07, 6.45) is 0. The molecule has 0 saturated carbocycles. The zero-order chi connectivity index (χ0) is 18.8. The van der Waals surface area contributed by atoms with E-state index in [0.717, 1.165) is 25.4 Å². The molecule has 1 heterocycles. The van der Waals surface area contributed by atoms with Gasteiger partial charge in [0.25, 0.3) is 0 Å². The van der Waals surface area contributed by atoms with E-state index in [1.807, 2.05) is 37.3 Å². The summed E-state index contributed by atoms with van der Waals surface area (Å²) in [6.45, 7) is 1.69. The molecule has 0 aliphatic carbocycles. The normalized spacial score (nSPS) is 11.4. The first-order valence-electron chi connectivity index (χ1n) is 7.67. The highest BCUT2D eigenvalue weighted by atomic mass is 79.9. The molecule has 3 rings (SSSR count). The largest absolute Gasteiger partial charge is 0.493 e. The summed E-state index contributed by atoms with van der Waals surface area (Å²) in [4.78, 5) is 12.0. The number of hydrogen-bond acceptors (Lipinski definition) is 4. The summed E-state index contributed by atoms with van der Waals surface area (Å²) >= 11 is 6.71. The predicted molar refractivity (Wildman–Crippen MR) is 106 cm³/mol. The molecular formula is C18H15Br2N3O3. The van der Waals surface area contributed by atoms with Crippen LogP contribution in [0, 0.1) is 6.92 Å². The van der Waals surface area contributed by atoms with Crippen LogP contribution in [0.5, 0.6) is 11.6 Å². The third-order valence-electron chi connectivity index (χ3n) is 3.80. The number of nitrogens with zero attached hydrogens (tertiary/aromatic N) is 3. The maximum atomic E-state index is 12.0. The predicted octanol–water partition coefficient (Wildman–Crippen LogP) is 5.41. The zero-order valence-corrected chi connectivity index (χ0v) is 17.2. The third-order valence-corrected chi connectivity index (χ3v) is 4.92. The monoisotopic (exact) mass is 479 g/mol. The van der Waals surface area contributed by atoms with Crippen LogP contribution in [0.15, 0.2) is 55.6 Å². The first kappa shape index (κ1) is 18.6. The fraction of sp³-hybridized carbons (Fsp3) is 0.167.